The number of aromatic nitrogens is 3. The van der Waals surface area contributed by atoms with Crippen molar-refractivity contribution in [2.75, 3.05) is 33.7 Å². The van der Waals surface area contributed by atoms with Gasteiger partial charge in [-0.05, 0) is 56.2 Å². The SMILES string of the molecule is CCN=C=NCCCN(C)C.Cl.O=c1c2ccccc2nnn1O. The van der Waals surface area contributed by atoms with E-state index in [1.165, 1.54) is 0 Å². The molecule has 0 aliphatic rings. The fraction of sp³-hybridized carbons (Fsp3) is 0.467. The molecule has 0 aliphatic heterocycles. The Morgan fingerprint density at radius 1 is 1.29 bits per heavy atom. The lowest BCUT2D eigenvalue weighted by atomic mass is 10.2. The second-order valence-electron chi connectivity index (χ2n) is 4.91. The molecule has 1 N–H and O–H groups in total. The molecule has 8 nitrogen and oxygen atoms in total. The zero-order valence-corrected chi connectivity index (χ0v) is 14.9. The van der Waals surface area contributed by atoms with Crippen LogP contribution in [0.2, 0.25) is 0 Å². The molecule has 2 rings (SSSR count). The molecule has 0 radical (unpaired) electrons. The Hall–Kier alpha value is -2.28. The van der Waals surface area contributed by atoms with Crippen LogP contribution in [0.3, 0.4) is 0 Å². The van der Waals surface area contributed by atoms with Crippen molar-refractivity contribution in [3.63, 3.8) is 0 Å². The lowest BCUT2D eigenvalue weighted by molar-refractivity contribution is 0.127. The molecule has 0 saturated heterocycles. The van der Waals surface area contributed by atoms with Gasteiger partial charge in [0.2, 0.25) is 0 Å². The second-order valence-corrected chi connectivity index (χ2v) is 4.91. The molecule has 0 aliphatic carbocycles. The Morgan fingerprint density at radius 2 is 2.00 bits per heavy atom. The highest BCUT2D eigenvalue weighted by atomic mass is 35.5. The quantitative estimate of drug-likeness (QED) is 0.499. The molecule has 0 atom stereocenters. The van der Waals surface area contributed by atoms with Gasteiger partial charge in [0, 0.05) is 6.54 Å². The van der Waals surface area contributed by atoms with E-state index in [2.05, 4.69) is 45.3 Å². The maximum Gasteiger partial charge on any atom is 0.314 e. The highest BCUT2D eigenvalue weighted by Crippen LogP contribution is 2.02. The summed E-state index contributed by atoms with van der Waals surface area (Å²) in [4.78, 5) is 21.4. The first-order chi connectivity index (χ1) is 11.1. The van der Waals surface area contributed by atoms with E-state index in [-0.39, 0.29) is 17.3 Å². The number of hydrogen-bond acceptors (Lipinski definition) is 7. The van der Waals surface area contributed by atoms with E-state index in [1.54, 1.807) is 24.3 Å². The molecule has 0 unspecified atom stereocenters. The number of hydrogen-bond donors (Lipinski definition) is 1. The molecular weight excluding hydrogens is 332 g/mol. The molecule has 9 heteroatoms. The van der Waals surface area contributed by atoms with E-state index < -0.39 is 5.56 Å². The molecule has 1 aromatic heterocycles. The van der Waals surface area contributed by atoms with Gasteiger partial charge < -0.3 is 10.1 Å². The number of benzene rings is 1. The lowest BCUT2D eigenvalue weighted by Crippen LogP contribution is -2.21. The molecule has 0 spiro atoms. The molecule has 0 bridgehead atoms. The van der Waals surface area contributed by atoms with Gasteiger partial charge in [-0.1, -0.05) is 12.1 Å². The molecule has 1 heterocycles. The van der Waals surface area contributed by atoms with E-state index in [0.717, 1.165) is 26.1 Å². The van der Waals surface area contributed by atoms with Gasteiger partial charge >= 0.3 is 5.56 Å². The van der Waals surface area contributed by atoms with Gasteiger partial charge in [0.15, 0.2) is 0 Å². The molecule has 0 fully saturated rings. The summed E-state index contributed by atoms with van der Waals surface area (Å²) in [5, 5.41) is 16.0. The molecule has 0 saturated carbocycles. The van der Waals surface area contributed by atoms with Crippen LogP contribution in [0.4, 0.5) is 0 Å². The van der Waals surface area contributed by atoms with Crippen molar-refractivity contribution in [1.82, 2.24) is 20.1 Å². The molecule has 132 valence electrons. The first-order valence-electron chi connectivity index (χ1n) is 7.33. The fourth-order valence-corrected chi connectivity index (χ4v) is 1.62. The normalized spacial score (nSPS) is 9.50. The molecular formula is C15H23ClN6O2. The zero-order valence-electron chi connectivity index (χ0n) is 14.1. The van der Waals surface area contributed by atoms with Crippen LogP contribution < -0.4 is 5.56 Å². The first-order valence-corrected chi connectivity index (χ1v) is 7.33. The third-order valence-electron chi connectivity index (χ3n) is 2.73. The topological polar surface area (TPSA) is 96.0 Å². The maximum absolute atomic E-state index is 11.1. The summed E-state index contributed by atoms with van der Waals surface area (Å²) >= 11 is 0. The van der Waals surface area contributed by atoms with Crippen LogP contribution in [-0.4, -0.2) is 65.0 Å². The van der Waals surface area contributed by atoms with Crippen LogP contribution in [0.15, 0.2) is 39.0 Å². The Bertz CT molecular complexity index is 725. The summed E-state index contributed by atoms with van der Waals surface area (Å²) < 4.78 is 0. The molecule has 24 heavy (non-hydrogen) atoms. The highest BCUT2D eigenvalue weighted by molar-refractivity contribution is 5.85. The Morgan fingerprint density at radius 3 is 2.67 bits per heavy atom. The predicted octanol–water partition coefficient (Wildman–Crippen LogP) is 1.58. The average molecular weight is 355 g/mol. The summed E-state index contributed by atoms with van der Waals surface area (Å²) in [5.41, 5.74) is -0.0756. The van der Waals surface area contributed by atoms with E-state index in [4.69, 9.17) is 5.21 Å². The van der Waals surface area contributed by atoms with Gasteiger partial charge in [0.25, 0.3) is 0 Å². The van der Waals surface area contributed by atoms with E-state index in [9.17, 15) is 4.79 Å². The standard InChI is InChI=1S/C8H17N3.C7H5N3O2.ClH/c1-4-9-8-10-6-5-7-11(2)3;11-7-5-3-1-2-4-6(5)8-9-10(7)12;/h4-7H2,1-3H3;1-4,12H;1H. The van der Waals surface area contributed by atoms with Crippen molar-refractivity contribution in [2.45, 2.75) is 13.3 Å². The molecule has 2 aromatic rings. The van der Waals surface area contributed by atoms with Crippen molar-refractivity contribution < 1.29 is 5.21 Å². The molecule has 0 amide bonds. The summed E-state index contributed by atoms with van der Waals surface area (Å²) in [6, 6.07) is 9.33. The summed E-state index contributed by atoms with van der Waals surface area (Å²) in [6.45, 7) is 4.67. The number of halogens is 1. The lowest BCUT2D eigenvalue weighted by Gasteiger charge is -2.05. The average Bonchev–Trinajstić information content (AvgIpc) is 2.55. The third kappa shape index (κ3) is 7.82. The molecule has 1 aromatic carbocycles. The second kappa shape index (κ2) is 12.2. The number of aliphatic imine (C=N–C) groups is 2. The van der Waals surface area contributed by atoms with E-state index >= 15 is 0 Å². The van der Waals surface area contributed by atoms with Crippen molar-refractivity contribution in [2.24, 2.45) is 9.98 Å². The van der Waals surface area contributed by atoms with Crippen LogP contribution in [0.5, 0.6) is 0 Å². The van der Waals surface area contributed by atoms with Crippen LogP contribution in [-0.2, 0) is 0 Å². The first kappa shape index (κ1) is 21.7. The number of fused-ring (bicyclic) bond motifs is 1. The van der Waals surface area contributed by atoms with Gasteiger partial charge in [-0.2, -0.15) is 0 Å². The van der Waals surface area contributed by atoms with E-state index in [1.807, 2.05) is 6.92 Å². The maximum atomic E-state index is 11.1. The zero-order chi connectivity index (χ0) is 17.1. The number of nitrogens with zero attached hydrogens (tertiary/aromatic N) is 6. The minimum atomic E-state index is -0.555. The fourth-order valence-electron chi connectivity index (χ4n) is 1.62. The third-order valence-corrected chi connectivity index (χ3v) is 2.73. The highest BCUT2D eigenvalue weighted by Gasteiger charge is 2.01. The summed E-state index contributed by atoms with van der Waals surface area (Å²) in [7, 11) is 4.12. The van der Waals surface area contributed by atoms with Crippen molar-refractivity contribution >= 4 is 29.3 Å². The van der Waals surface area contributed by atoms with Crippen LogP contribution >= 0.6 is 12.4 Å². The summed E-state index contributed by atoms with van der Waals surface area (Å²) in [6.07, 6.45) is 1.08. The Balaban J connectivity index is 0.000000426. The van der Waals surface area contributed by atoms with Crippen molar-refractivity contribution in [1.29, 1.82) is 0 Å². The van der Waals surface area contributed by atoms with Gasteiger partial charge in [0.1, 0.15) is 5.52 Å². The van der Waals surface area contributed by atoms with Crippen LogP contribution in [0.1, 0.15) is 13.3 Å². The minimum Gasteiger partial charge on any atom is -0.407 e. The van der Waals surface area contributed by atoms with Crippen LogP contribution in [0, 0.1) is 0 Å². The van der Waals surface area contributed by atoms with Crippen molar-refractivity contribution in [3.8, 4) is 0 Å². The Labute approximate surface area is 146 Å². The smallest absolute Gasteiger partial charge is 0.314 e. The van der Waals surface area contributed by atoms with Gasteiger partial charge in [-0.15, -0.1) is 17.5 Å². The van der Waals surface area contributed by atoms with Crippen LogP contribution in [0.25, 0.3) is 10.9 Å². The van der Waals surface area contributed by atoms with Crippen molar-refractivity contribution in [3.05, 3.63) is 34.6 Å². The van der Waals surface area contributed by atoms with Gasteiger partial charge in [-0.25, -0.2) is 9.98 Å². The summed E-state index contributed by atoms with van der Waals surface area (Å²) in [5.74, 6) is 0. The monoisotopic (exact) mass is 354 g/mol. The van der Waals surface area contributed by atoms with Gasteiger partial charge in [-0.3, -0.25) is 4.79 Å². The minimum absolute atomic E-state index is 0. The largest absolute Gasteiger partial charge is 0.407 e. The Kier molecular flexibility index (Phi) is 11.0. The van der Waals surface area contributed by atoms with Gasteiger partial charge in [0.05, 0.1) is 17.9 Å². The predicted molar refractivity (Wildman–Crippen MR) is 96.7 cm³/mol. The number of rotatable bonds is 5. The van der Waals surface area contributed by atoms with E-state index in [0.29, 0.717) is 10.9 Å².